The van der Waals surface area contributed by atoms with Crippen molar-refractivity contribution >= 4 is 11.9 Å². The molecule has 6 heteroatoms. The number of carboxylic acid groups (broad SMARTS) is 1. The van der Waals surface area contributed by atoms with Crippen LogP contribution in [0.1, 0.15) is 30.6 Å². The summed E-state index contributed by atoms with van der Waals surface area (Å²) in [7, 11) is 0. The van der Waals surface area contributed by atoms with Gasteiger partial charge < -0.3 is 9.84 Å². The van der Waals surface area contributed by atoms with Crippen molar-refractivity contribution in [3.63, 3.8) is 0 Å². The number of benzene rings is 1. The molecule has 1 aromatic carbocycles. The van der Waals surface area contributed by atoms with E-state index in [0.717, 1.165) is 0 Å². The van der Waals surface area contributed by atoms with Crippen molar-refractivity contribution in [3.05, 3.63) is 35.9 Å². The van der Waals surface area contributed by atoms with Crippen molar-refractivity contribution in [3.8, 4) is 0 Å². The number of halogens is 2. The van der Waals surface area contributed by atoms with Crippen molar-refractivity contribution in [2.45, 2.75) is 32.3 Å². The van der Waals surface area contributed by atoms with E-state index in [4.69, 9.17) is 9.84 Å². The van der Waals surface area contributed by atoms with Gasteiger partial charge in [-0.2, -0.15) is 8.78 Å². The minimum Gasteiger partial charge on any atom is -0.477 e. The van der Waals surface area contributed by atoms with E-state index in [2.05, 4.69) is 0 Å². The molecule has 0 saturated heterocycles. The lowest BCUT2D eigenvalue weighted by molar-refractivity contribution is -0.183. The fourth-order valence-corrected chi connectivity index (χ4v) is 1.61. The van der Waals surface area contributed by atoms with Crippen LogP contribution in [0.5, 0.6) is 0 Å². The molecule has 0 aromatic heterocycles. The molecular weight excluding hydrogens is 270 g/mol. The zero-order valence-corrected chi connectivity index (χ0v) is 11.2. The van der Waals surface area contributed by atoms with Crippen LogP contribution >= 0.6 is 0 Å². The number of ether oxygens (including phenoxy) is 1. The molecule has 1 unspecified atom stereocenters. The first kappa shape index (κ1) is 16.1. The number of alkyl halides is 2. The topological polar surface area (TPSA) is 63.6 Å². The van der Waals surface area contributed by atoms with Crippen LogP contribution in [0.25, 0.3) is 0 Å². The smallest absolute Gasteiger partial charge is 0.378 e. The first-order valence-electron chi connectivity index (χ1n) is 6.12. The minimum absolute atomic E-state index is 0.0995. The summed E-state index contributed by atoms with van der Waals surface area (Å²) >= 11 is 0. The van der Waals surface area contributed by atoms with Crippen LogP contribution in [-0.2, 0) is 9.53 Å². The van der Waals surface area contributed by atoms with Gasteiger partial charge in [-0.3, -0.25) is 0 Å². The van der Waals surface area contributed by atoms with Crippen molar-refractivity contribution in [1.82, 2.24) is 0 Å². The Balaban J connectivity index is 2.91. The minimum atomic E-state index is -4.12. The number of hydrogen-bond acceptors (Lipinski definition) is 3. The van der Waals surface area contributed by atoms with E-state index >= 15 is 0 Å². The molecule has 0 heterocycles. The second kappa shape index (κ2) is 6.45. The van der Waals surface area contributed by atoms with Gasteiger partial charge in [0.2, 0.25) is 0 Å². The highest BCUT2D eigenvalue weighted by molar-refractivity contribution is 5.89. The lowest BCUT2D eigenvalue weighted by atomic mass is 10.0. The summed E-state index contributed by atoms with van der Waals surface area (Å²) in [4.78, 5) is 22.4. The molecule has 20 heavy (non-hydrogen) atoms. The van der Waals surface area contributed by atoms with E-state index in [1.165, 1.54) is 12.1 Å². The van der Waals surface area contributed by atoms with E-state index < -0.39 is 24.0 Å². The van der Waals surface area contributed by atoms with E-state index in [0.29, 0.717) is 0 Å². The summed E-state index contributed by atoms with van der Waals surface area (Å²) in [5, 5.41) is 8.57. The Kier molecular flexibility index (Phi) is 5.19. The molecule has 0 radical (unpaired) electrons. The van der Waals surface area contributed by atoms with E-state index in [-0.39, 0.29) is 17.9 Å². The lowest BCUT2D eigenvalue weighted by Gasteiger charge is -2.25. The Bertz CT molecular complexity index is 471. The Morgan fingerprint density at radius 1 is 1.25 bits per heavy atom. The molecule has 1 rings (SSSR count). The van der Waals surface area contributed by atoms with Crippen molar-refractivity contribution in [2.24, 2.45) is 5.92 Å². The third kappa shape index (κ3) is 4.01. The zero-order chi connectivity index (χ0) is 15.3. The second-order valence-electron chi connectivity index (χ2n) is 4.82. The summed E-state index contributed by atoms with van der Waals surface area (Å²) in [6.07, 6.45) is -2.23. The summed E-state index contributed by atoms with van der Waals surface area (Å²) in [5.74, 6) is -7.62. The van der Waals surface area contributed by atoms with Crippen molar-refractivity contribution in [2.75, 3.05) is 0 Å². The van der Waals surface area contributed by atoms with Crippen molar-refractivity contribution in [1.29, 1.82) is 0 Å². The fraction of sp³-hybridized carbons (Fsp3) is 0.429. The van der Waals surface area contributed by atoms with Crippen molar-refractivity contribution < 1.29 is 28.2 Å². The van der Waals surface area contributed by atoms with Crippen LogP contribution in [0, 0.1) is 5.92 Å². The maximum absolute atomic E-state index is 13.6. The van der Waals surface area contributed by atoms with Crippen LogP contribution in [-0.4, -0.2) is 29.1 Å². The molecule has 0 aliphatic carbocycles. The van der Waals surface area contributed by atoms with Crippen LogP contribution in [0.4, 0.5) is 8.78 Å². The summed E-state index contributed by atoms with van der Waals surface area (Å²) in [6.45, 7) is 3.28. The third-order valence-corrected chi connectivity index (χ3v) is 2.63. The number of carboxylic acids is 1. The maximum Gasteiger partial charge on any atom is 0.378 e. The van der Waals surface area contributed by atoms with Gasteiger partial charge >= 0.3 is 17.9 Å². The van der Waals surface area contributed by atoms with Gasteiger partial charge in [0, 0.05) is 0 Å². The van der Waals surface area contributed by atoms with E-state index in [1.807, 2.05) is 0 Å². The van der Waals surface area contributed by atoms with E-state index in [9.17, 15) is 18.4 Å². The maximum atomic E-state index is 13.6. The summed E-state index contributed by atoms with van der Waals surface area (Å²) < 4.78 is 31.8. The second-order valence-corrected chi connectivity index (χ2v) is 4.82. The van der Waals surface area contributed by atoms with Gasteiger partial charge in [0.05, 0.1) is 5.56 Å². The molecule has 1 aromatic rings. The first-order chi connectivity index (χ1) is 9.25. The normalized spacial score (nSPS) is 13.1. The predicted octanol–water partition coefficient (Wildman–Crippen LogP) is 2.98. The molecule has 0 amide bonds. The number of carbonyl (C=O) groups excluding carboxylic acids is 1. The largest absolute Gasteiger partial charge is 0.477 e. The van der Waals surface area contributed by atoms with E-state index in [1.54, 1.807) is 32.0 Å². The number of hydrogen-bond donors (Lipinski definition) is 1. The fourth-order valence-electron chi connectivity index (χ4n) is 1.61. The van der Waals surface area contributed by atoms with Gasteiger partial charge in [-0.1, -0.05) is 32.0 Å². The summed E-state index contributed by atoms with van der Waals surface area (Å²) in [5.41, 5.74) is 0.0995. The number of rotatable bonds is 6. The van der Waals surface area contributed by atoms with Crippen LogP contribution < -0.4 is 0 Å². The quantitative estimate of drug-likeness (QED) is 0.817. The molecule has 0 spiro atoms. The number of aliphatic carboxylic acids is 1. The van der Waals surface area contributed by atoms with Gasteiger partial charge in [-0.05, 0) is 24.5 Å². The van der Waals surface area contributed by atoms with Gasteiger partial charge in [-0.15, -0.1) is 0 Å². The van der Waals surface area contributed by atoms with Crippen LogP contribution in [0.3, 0.4) is 0 Å². The monoisotopic (exact) mass is 286 g/mol. The van der Waals surface area contributed by atoms with Gasteiger partial charge in [0.15, 0.2) is 6.10 Å². The molecule has 0 aliphatic rings. The Hall–Kier alpha value is -1.98. The Morgan fingerprint density at radius 2 is 1.80 bits per heavy atom. The Morgan fingerprint density at radius 3 is 2.25 bits per heavy atom. The molecule has 1 N–H and O–H groups in total. The Labute approximate surface area is 115 Å². The molecular formula is C14H16F2O4. The highest BCUT2D eigenvalue weighted by atomic mass is 19.3. The molecule has 110 valence electrons. The van der Waals surface area contributed by atoms with Gasteiger partial charge in [0.25, 0.3) is 0 Å². The molecule has 1 atom stereocenters. The summed E-state index contributed by atoms with van der Waals surface area (Å²) in [6, 6.07) is 7.60. The molecule has 0 saturated carbocycles. The molecule has 0 bridgehead atoms. The average molecular weight is 286 g/mol. The highest BCUT2D eigenvalue weighted by Gasteiger charge is 2.50. The highest BCUT2D eigenvalue weighted by Crippen LogP contribution is 2.27. The molecule has 4 nitrogen and oxygen atoms in total. The SMILES string of the molecule is CC(C)CC(OC(=O)c1ccccc1)C(F)(F)C(=O)O. The zero-order valence-electron chi connectivity index (χ0n) is 11.2. The average Bonchev–Trinajstić information content (AvgIpc) is 2.38. The van der Waals surface area contributed by atoms with Crippen LogP contribution in [0.15, 0.2) is 30.3 Å². The standard InChI is InChI=1S/C14H16F2O4/c1-9(2)8-11(14(15,16)13(18)19)20-12(17)10-6-4-3-5-7-10/h3-7,9,11H,8H2,1-2H3,(H,18,19). The molecule has 0 aliphatic heterocycles. The first-order valence-corrected chi connectivity index (χ1v) is 6.12. The van der Waals surface area contributed by atoms with Gasteiger partial charge in [0.1, 0.15) is 0 Å². The van der Waals surface area contributed by atoms with Crippen LogP contribution in [0.2, 0.25) is 0 Å². The van der Waals surface area contributed by atoms with Gasteiger partial charge in [-0.25, -0.2) is 9.59 Å². The number of esters is 1. The predicted molar refractivity (Wildman–Crippen MR) is 67.7 cm³/mol. The molecule has 0 fully saturated rings. The lowest BCUT2D eigenvalue weighted by Crippen LogP contribution is -2.44. The number of carbonyl (C=O) groups is 2. The third-order valence-electron chi connectivity index (χ3n) is 2.63.